The van der Waals surface area contributed by atoms with E-state index in [1.165, 1.54) is 6.07 Å². The lowest BCUT2D eigenvalue weighted by Gasteiger charge is -2.29. The number of halogens is 1. The highest BCUT2D eigenvalue weighted by Gasteiger charge is 2.37. The van der Waals surface area contributed by atoms with Gasteiger partial charge < -0.3 is 5.32 Å². The Labute approximate surface area is 102 Å². The van der Waals surface area contributed by atoms with E-state index in [-0.39, 0.29) is 5.82 Å². The van der Waals surface area contributed by atoms with E-state index in [2.05, 4.69) is 11.4 Å². The molecule has 0 aliphatic carbocycles. The first-order chi connectivity index (χ1) is 8.28. The molecule has 92 valence electrons. The van der Waals surface area contributed by atoms with Crippen LogP contribution >= 0.6 is 0 Å². The number of quaternary nitrogens is 1. The van der Waals surface area contributed by atoms with Crippen molar-refractivity contribution in [2.45, 2.75) is 32.1 Å². The molecule has 0 radical (unpaired) electrons. The second kappa shape index (κ2) is 6.36. The molecule has 2 N–H and O–H groups in total. The molecular formula is C14H20FN2+. The van der Waals surface area contributed by atoms with Gasteiger partial charge in [0, 0.05) is 18.4 Å². The lowest BCUT2D eigenvalue weighted by molar-refractivity contribution is -0.664. The molecule has 0 atom stereocenters. The molecule has 1 fully saturated rings. The molecule has 2 nitrogen and oxygen atoms in total. The SMILES string of the molecule is CC.N#CC1(c2ccccc2F)CC[NH2+]CC1. The van der Waals surface area contributed by atoms with E-state index in [1.54, 1.807) is 18.2 Å². The molecule has 0 bridgehead atoms. The van der Waals surface area contributed by atoms with Crippen LogP contribution in [0.3, 0.4) is 0 Å². The Balaban J connectivity index is 0.000000686. The summed E-state index contributed by atoms with van der Waals surface area (Å²) in [6.45, 7) is 5.81. The summed E-state index contributed by atoms with van der Waals surface area (Å²) >= 11 is 0. The van der Waals surface area contributed by atoms with Crippen molar-refractivity contribution < 1.29 is 9.71 Å². The summed E-state index contributed by atoms with van der Waals surface area (Å²) in [5.41, 5.74) is -0.0271. The molecule has 0 amide bonds. The van der Waals surface area contributed by atoms with Crippen LogP contribution in [-0.2, 0) is 5.41 Å². The fourth-order valence-electron chi connectivity index (χ4n) is 2.26. The average Bonchev–Trinajstić information content (AvgIpc) is 2.42. The maximum absolute atomic E-state index is 13.6. The Morgan fingerprint density at radius 2 is 1.82 bits per heavy atom. The molecule has 0 unspecified atom stereocenters. The van der Waals surface area contributed by atoms with Crippen molar-refractivity contribution >= 4 is 0 Å². The van der Waals surface area contributed by atoms with Crippen molar-refractivity contribution in [1.29, 1.82) is 5.26 Å². The van der Waals surface area contributed by atoms with Crippen molar-refractivity contribution in [1.82, 2.24) is 0 Å². The highest BCUT2D eigenvalue weighted by molar-refractivity contribution is 5.33. The highest BCUT2D eigenvalue weighted by Crippen LogP contribution is 2.32. The summed E-state index contributed by atoms with van der Waals surface area (Å²) < 4.78 is 13.6. The third-order valence-corrected chi connectivity index (χ3v) is 3.15. The van der Waals surface area contributed by atoms with Crippen molar-refractivity contribution in [3.8, 4) is 6.07 Å². The maximum Gasteiger partial charge on any atom is 0.128 e. The predicted octanol–water partition coefficient (Wildman–Crippen LogP) is 1.97. The van der Waals surface area contributed by atoms with E-state index < -0.39 is 5.41 Å². The largest absolute Gasteiger partial charge is 0.346 e. The number of piperidine rings is 1. The third kappa shape index (κ3) is 2.83. The molecule has 0 spiro atoms. The molecule has 2 rings (SSSR count). The van der Waals surface area contributed by atoms with Gasteiger partial charge in [0.15, 0.2) is 0 Å². The third-order valence-electron chi connectivity index (χ3n) is 3.15. The fourth-order valence-corrected chi connectivity index (χ4v) is 2.26. The molecule has 1 aromatic rings. The maximum atomic E-state index is 13.6. The zero-order valence-corrected chi connectivity index (χ0v) is 10.5. The number of hydrogen-bond acceptors (Lipinski definition) is 1. The highest BCUT2D eigenvalue weighted by atomic mass is 19.1. The molecule has 1 saturated heterocycles. The zero-order valence-electron chi connectivity index (χ0n) is 10.5. The molecular weight excluding hydrogens is 215 g/mol. The molecule has 17 heavy (non-hydrogen) atoms. The van der Waals surface area contributed by atoms with Crippen LogP contribution in [0.1, 0.15) is 32.3 Å². The summed E-state index contributed by atoms with van der Waals surface area (Å²) in [6, 6.07) is 8.96. The number of nitrogens with two attached hydrogens (primary N) is 1. The molecule has 0 saturated carbocycles. The summed E-state index contributed by atoms with van der Waals surface area (Å²) in [7, 11) is 0. The minimum absolute atomic E-state index is 0.249. The van der Waals surface area contributed by atoms with Gasteiger partial charge in [0.25, 0.3) is 0 Å². The second-order valence-corrected chi connectivity index (χ2v) is 4.04. The Morgan fingerprint density at radius 3 is 2.35 bits per heavy atom. The van der Waals surface area contributed by atoms with E-state index in [9.17, 15) is 9.65 Å². The average molecular weight is 235 g/mol. The Morgan fingerprint density at radius 1 is 1.24 bits per heavy atom. The van der Waals surface area contributed by atoms with Crippen molar-refractivity contribution in [3.05, 3.63) is 35.6 Å². The first kappa shape index (κ1) is 13.7. The van der Waals surface area contributed by atoms with Gasteiger partial charge in [-0.3, -0.25) is 0 Å². The van der Waals surface area contributed by atoms with Gasteiger partial charge in [0.2, 0.25) is 0 Å². The molecule has 1 aliphatic heterocycles. The van der Waals surface area contributed by atoms with Gasteiger partial charge in [0.1, 0.15) is 5.82 Å². The fraction of sp³-hybridized carbons (Fsp3) is 0.500. The number of nitrogens with zero attached hydrogens (tertiary/aromatic N) is 1. The van der Waals surface area contributed by atoms with Crippen LogP contribution < -0.4 is 5.32 Å². The number of nitriles is 1. The van der Waals surface area contributed by atoms with Gasteiger partial charge >= 0.3 is 0 Å². The van der Waals surface area contributed by atoms with Gasteiger partial charge in [-0.1, -0.05) is 32.0 Å². The summed E-state index contributed by atoms with van der Waals surface area (Å²) in [5, 5.41) is 11.5. The predicted molar refractivity (Wildman–Crippen MR) is 65.9 cm³/mol. The normalized spacial score (nSPS) is 17.5. The van der Waals surface area contributed by atoms with Crippen LogP contribution in [0.25, 0.3) is 0 Å². The van der Waals surface area contributed by atoms with Crippen LogP contribution in [-0.4, -0.2) is 13.1 Å². The van der Waals surface area contributed by atoms with E-state index in [4.69, 9.17) is 0 Å². The van der Waals surface area contributed by atoms with E-state index in [1.807, 2.05) is 13.8 Å². The molecule has 1 aromatic carbocycles. The van der Waals surface area contributed by atoms with Gasteiger partial charge in [-0.15, -0.1) is 0 Å². The monoisotopic (exact) mass is 235 g/mol. The first-order valence-corrected chi connectivity index (χ1v) is 6.26. The van der Waals surface area contributed by atoms with E-state index in [0.29, 0.717) is 5.56 Å². The zero-order chi connectivity index (χ0) is 12.7. The Kier molecular flexibility index (Phi) is 5.11. The molecule has 1 heterocycles. The molecule has 3 heteroatoms. The van der Waals surface area contributed by atoms with Gasteiger partial charge in [-0.05, 0) is 6.07 Å². The first-order valence-electron chi connectivity index (χ1n) is 6.26. The standard InChI is InChI=1S/C12H13FN2.C2H6/c13-11-4-2-1-3-10(11)12(9-14)5-7-15-8-6-12;1-2/h1-4,15H,5-8H2;1-2H3/p+1. The number of hydrogen-bond donors (Lipinski definition) is 1. The van der Waals surface area contributed by atoms with Crippen molar-refractivity contribution in [2.24, 2.45) is 0 Å². The minimum atomic E-state index is -0.597. The van der Waals surface area contributed by atoms with Gasteiger partial charge in [-0.25, -0.2) is 4.39 Å². The van der Waals surface area contributed by atoms with E-state index >= 15 is 0 Å². The van der Waals surface area contributed by atoms with Crippen molar-refractivity contribution in [3.63, 3.8) is 0 Å². The molecule has 1 aliphatic rings. The van der Waals surface area contributed by atoms with Crippen LogP contribution in [0.2, 0.25) is 0 Å². The lowest BCUT2D eigenvalue weighted by Crippen LogP contribution is -2.87. The molecule has 0 aromatic heterocycles. The summed E-state index contributed by atoms with van der Waals surface area (Å²) in [4.78, 5) is 0. The topological polar surface area (TPSA) is 40.4 Å². The quantitative estimate of drug-likeness (QED) is 0.794. The smallest absolute Gasteiger partial charge is 0.128 e. The summed E-state index contributed by atoms with van der Waals surface area (Å²) in [5.74, 6) is -0.249. The summed E-state index contributed by atoms with van der Waals surface area (Å²) in [6.07, 6.45) is 1.48. The van der Waals surface area contributed by atoms with Crippen LogP contribution in [0.5, 0.6) is 0 Å². The lowest BCUT2D eigenvalue weighted by atomic mass is 9.74. The van der Waals surface area contributed by atoms with E-state index in [0.717, 1.165) is 25.9 Å². The van der Waals surface area contributed by atoms with Crippen LogP contribution in [0.15, 0.2) is 24.3 Å². The second-order valence-electron chi connectivity index (χ2n) is 4.04. The Hall–Kier alpha value is -1.40. The van der Waals surface area contributed by atoms with Crippen LogP contribution in [0, 0.1) is 17.1 Å². The van der Waals surface area contributed by atoms with Crippen LogP contribution in [0.4, 0.5) is 4.39 Å². The van der Waals surface area contributed by atoms with Gasteiger partial charge in [-0.2, -0.15) is 5.26 Å². The Bertz CT molecular complexity index is 389. The van der Waals surface area contributed by atoms with Crippen molar-refractivity contribution in [2.75, 3.05) is 13.1 Å². The van der Waals surface area contributed by atoms with Gasteiger partial charge in [0.05, 0.1) is 24.6 Å². The number of rotatable bonds is 1. The minimum Gasteiger partial charge on any atom is -0.346 e. The number of benzene rings is 1.